The fourth-order valence-corrected chi connectivity index (χ4v) is 4.78. The van der Waals surface area contributed by atoms with E-state index >= 15 is 0 Å². The Hall–Kier alpha value is 0.620. The molecule has 1 heterocycles. The molecule has 1 aliphatic rings. The largest absolute Gasteiger partial charge is 0.385 e. The van der Waals surface area contributed by atoms with E-state index in [0.29, 0.717) is 11.3 Å². The van der Waals surface area contributed by atoms with Gasteiger partial charge in [-0.1, -0.05) is 13.8 Å². The first kappa shape index (κ1) is 13.7. The highest BCUT2D eigenvalue weighted by atomic mass is 32.2. The van der Waals surface area contributed by atoms with Gasteiger partial charge in [-0.25, -0.2) is 0 Å². The van der Waals surface area contributed by atoms with Crippen LogP contribution in [0, 0.1) is 0 Å². The minimum absolute atomic E-state index is 0.340. The fraction of sp³-hybridized carbons (Fsp3) is 1.00. The second-order valence-corrected chi connectivity index (χ2v) is 7.25. The van der Waals surface area contributed by atoms with Crippen molar-refractivity contribution < 1.29 is 4.74 Å². The zero-order valence-electron chi connectivity index (χ0n) is 9.94. The van der Waals surface area contributed by atoms with Crippen molar-refractivity contribution in [3.8, 4) is 0 Å². The van der Waals surface area contributed by atoms with Crippen molar-refractivity contribution in [2.75, 3.05) is 19.5 Å². The molecule has 0 radical (unpaired) electrons. The fourth-order valence-electron chi connectivity index (χ4n) is 1.68. The van der Waals surface area contributed by atoms with Gasteiger partial charge in [0.1, 0.15) is 0 Å². The Morgan fingerprint density at radius 2 is 2.13 bits per heavy atom. The maximum atomic E-state index is 6.21. The van der Waals surface area contributed by atoms with Gasteiger partial charge in [0, 0.05) is 41.3 Å². The van der Waals surface area contributed by atoms with E-state index in [2.05, 4.69) is 37.4 Å². The van der Waals surface area contributed by atoms with Crippen LogP contribution in [0.1, 0.15) is 26.7 Å². The van der Waals surface area contributed by atoms with Crippen LogP contribution in [0.2, 0.25) is 0 Å². The molecular formula is C11H23NOS2. The number of ether oxygens (including phenoxy) is 1. The van der Waals surface area contributed by atoms with E-state index in [1.807, 2.05) is 0 Å². The standard InChI is InChI=1S/C11H23NOS2/c1-8-9(2)15-11(7-14-8)10(12)5-4-6-13-3/h8-11H,4-7,12H2,1-3H3. The Bertz CT molecular complexity index is 180. The van der Waals surface area contributed by atoms with Gasteiger partial charge in [-0.2, -0.15) is 23.5 Å². The van der Waals surface area contributed by atoms with Gasteiger partial charge < -0.3 is 10.5 Å². The van der Waals surface area contributed by atoms with E-state index < -0.39 is 0 Å². The molecule has 2 N–H and O–H groups in total. The summed E-state index contributed by atoms with van der Waals surface area (Å²) in [4.78, 5) is 0. The van der Waals surface area contributed by atoms with Crippen LogP contribution in [0.3, 0.4) is 0 Å². The first-order chi connectivity index (χ1) is 7.15. The smallest absolute Gasteiger partial charge is 0.0462 e. The van der Waals surface area contributed by atoms with Gasteiger partial charge in [-0.15, -0.1) is 0 Å². The predicted octanol–water partition coefficient (Wildman–Crippen LogP) is 2.37. The molecule has 1 saturated heterocycles. The lowest BCUT2D eigenvalue weighted by Crippen LogP contribution is -2.39. The topological polar surface area (TPSA) is 35.2 Å². The molecule has 0 aromatic heterocycles. The first-order valence-corrected chi connectivity index (χ1v) is 7.66. The number of hydrogen-bond donors (Lipinski definition) is 1. The molecule has 2 nitrogen and oxygen atoms in total. The normalized spacial score (nSPS) is 34.0. The maximum Gasteiger partial charge on any atom is 0.0462 e. The molecule has 0 saturated carbocycles. The van der Waals surface area contributed by atoms with Crippen molar-refractivity contribution >= 4 is 23.5 Å². The van der Waals surface area contributed by atoms with Gasteiger partial charge >= 0.3 is 0 Å². The number of rotatable bonds is 5. The van der Waals surface area contributed by atoms with Crippen molar-refractivity contribution in [2.24, 2.45) is 5.73 Å². The lowest BCUT2D eigenvalue weighted by Gasteiger charge is -2.34. The number of methoxy groups -OCH3 is 1. The van der Waals surface area contributed by atoms with Crippen LogP contribution in [0.5, 0.6) is 0 Å². The second kappa shape index (κ2) is 7.05. The molecule has 1 rings (SSSR count). The average Bonchev–Trinajstić information content (AvgIpc) is 2.22. The van der Waals surface area contributed by atoms with E-state index in [0.717, 1.165) is 29.9 Å². The molecule has 4 atom stereocenters. The third-order valence-electron chi connectivity index (χ3n) is 2.94. The van der Waals surface area contributed by atoms with Crippen molar-refractivity contribution in [1.82, 2.24) is 0 Å². The summed E-state index contributed by atoms with van der Waals surface area (Å²) in [6.07, 6.45) is 2.18. The summed E-state index contributed by atoms with van der Waals surface area (Å²) < 4.78 is 5.05. The molecule has 4 heteroatoms. The number of nitrogens with two attached hydrogens (primary N) is 1. The van der Waals surface area contributed by atoms with Crippen LogP contribution >= 0.6 is 23.5 Å². The summed E-state index contributed by atoms with van der Waals surface area (Å²) in [5.41, 5.74) is 6.21. The van der Waals surface area contributed by atoms with Crippen LogP contribution in [0.4, 0.5) is 0 Å². The quantitative estimate of drug-likeness (QED) is 0.759. The summed E-state index contributed by atoms with van der Waals surface area (Å²) in [5, 5.41) is 2.15. The summed E-state index contributed by atoms with van der Waals surface area (Å²) in [6.45, 7) is 5.47. The zero-order valence-corrected chi connectivity index (χ0v) is 11.6. The van der Waals surface area contributed by atoms with Gasteiger partial charge in [0.2, 0.25) is 0 Å². The van der Waals surface area contributed by atoms with Gasteiger partial charge in [-0.3, -0.25) is 0 Å². The molecule has 4 unspecified atom stereocenters. The monoisotopic (exact) mass is 249 g/mol. The molecule has 0 aliphatic carbocycles. The van der Waals surface area contributed by atoms with Crippen LogP contribution < -0.4 is 5.73 Å². The van der Waals surface area contributed by atoms with E-state index in [9.17, 15) is 0 Å². The first-order valence-electron chi connectivity index (χ1n) is 5.66. The van der Waals surface area contributed by atoms with Crippen molar-refractivity contribution in [2.45, 2.75) is 48.5 Å². The van der Waals surface area contributed by atoms with Gasteiger partial charge in [0.15, 0.2) is 0 Å². The van der Waals surface area contributed by atoms with Gasteiger partial charge in [-0.05, 0) is 12.8 Å². The molecule has 0 aromatic carbocycles. The van der Waals surface area contributed by atoms with Crippen molar-refractivity contribution in [3.05, 3.63) is 0 Å². The van der Waals surface area contributed by atoms with Crippen molar-refractivity contribution in [3.63, 3.8) is 0 Å². The third-order valence-corrected chi connectivity index (χ3v) is 6.51. The lowest BCUT2D eigenvalue weighted by molar-refractivity contribution is 0.190. The summed E-state index contributed by atoms with van der Waals surface area (Å²) in [7, 11) is 1.75. The van der Waals surface area contributed by atoms with E-state index in [1.54, 1.807) is 7.11 Å². The van der Waals surface area contributed by atoms with Crippen molar-refractivity contribution in [1.29, 1.82) is 0 Å². The minimum atomic E-state index is 0.340. The Labute approximate surface area is 102 Å². The number of hydrogen-bond acceptors (Lipinski definition) is 4. The molecule has 0 bridgehead atoms. The zero-order chi connectivity index (χ0) is 11.3. The van der Waals surface area contributed by atoms with Crippen LogP contribution in [-0.4, -0.2) is 41.3 Å². The Kier molecular flexibility index (Phi) is 6.43. The van der Waals surface area contributed by atoms with E-state index in [1.165, 1.54) is 5.75 Å². The molecular weight excluding hydrogens is 226 g/mol. The molecule has 90 valence electrons. The highest BCUT2D eigenvalue weighted by Crippen LogP contribution is 2.37. The van der Waals surface area contributed by atoms with E-state index in [-0.39, 0.29) is 0 Å². The van der Waals surface area contributed by atoms with Crippen LogP contribution in [0.15, 0.2) is 0 Å². The molecule has 1 aliphatic heterocycles. The molecule has 15 heavy (non-hydrogen) atoms. The second-order valence-electron chi connectivity index (χ2n) is 4.22. The summed E-state index contributed by atoms with van der Waals surface area (Å²) >= 11 is 4.14. The Balaban J connectivity index is 2.24. The summed E-state index contributed by atoms with van der Waals surface area (Å²) in [5.74, 6) is 1.21. The third kappa shape index (κ3) is 4.55. The van der Waals surface area contributed by atoms with Crippen LogP contribution in [-0.2, 0) is 4.74 Å². The molecule has 1 fully saturated rings. The molecule has 0 spiro atoms. The Morgan fingerprint density at radius 1 is 1.40 bits per heavy atom. The predicted molar refractivity (Wildman–Crippen MR) is 71.8 cm³/mol. The van der Waals surface area contributed by atoms with Crippen LogP contribution in [0.25, 0.3) is 0 Å². The summed E-state index contributed by atoms with van der Waals surface area (Å²) in [6, 6.07) is 0.340. The Morgan fingerprint density at radius 3 is 2.73 bits per heavy atom. The highest BCUT2D eigenvalue weighted by Gasteiger charge is 2.29. The number of thioether (sulfide) groups is 2. The highest BCUT2D eigenvalue weighted by molar-refractivity contribution is 8.07. The molecule has 0 aromatic rings. The SMILES string of the molecule is COCCCC(N)C1CSC(C)C(C)S1. The average molecular weight is 249 g/mol. The van der Waals surface area contributed by atoms with Gasteiger partial charge in [0.05, 0.1) is 0 Å². The van der Waals surface area contributed by atoms with Gasteiger partial charge in [0.25, 0.3) is 0 Å². The molecule has 0 amide bonds. The minimum Gasteiger partial charge on any atom is -0.385 e. The lowest BCUT2D eigenvalue weighted by atomic mass is 10.1. The maximum absolute atomic E-state index is 6.21. The van der Waals surface area contributed by atoms with E-state index in [4.69, 9.17) is 10.5 Å².